The van der Waals surface area contributed by atoms with Gasteiger partial charge in [0.05, 0.1) is 11.3 Å². The molecule has 1 amide bonds. The monoisotopic (exact) mass is 310 g/mol. The first-order valence-corrected chi connectivity index (χ1v) is 8.53. The van der Waals surface area contributed by atoms with E-state index in [1.807, 2.05) is 7.05 Å². The molecular weight excluding hydrogens is 292 g/mol. The second kappa shape index (κ2) is 5.27. The Hall–Kier alpha value is -1.67. The minimum atomic E-state index is -3.47. The summed E-state index contributed by atoms with van der Waals surface area (Å²) in [5, 5.41) is 0. The Morgan fingerprint density at radius 3 is 2.62 bits per heavy atom. The van der Waals surface area contributed by atoms with Crippen molar-refractivity contribution in [3.05, 3.63) is 23.9 Å². The van der Waals surface area contributed by atoms with Crippen LogP contribution in [-0.2, 0) is 14.8 Å². The van der Waals surface area contributed by atoms with Crippen molar-refractivity contribution in [3.8, 4) is 0 Å². The third kappa shape index (κ3) is 2.86. The fourth-order valence-corrected chi connectivity index (χ4v) is 3.55. The van der Waals surface area contributed by atoms with E-state index in [1.165, 1.54) is 0 Å². The summed E-state index contributed by atoms with van der Waals surface area (Å²) < 4.78 is 27.2. The predicted molar refractivity (Wildman–Crippen MR) is 79.2 cm³/mol. The van der Waals surface area contributed by atoms with Gasteiger partial charge in [0.15, 0.2) is 5.84 Å². The number of allylic oxidation sites excluding steroid dienone is 2. The number of carbonyl (C=O) groups is 1. The lowest BCUT2D eigenvalue weighted by molar-refractivity contribution is -0.128. The van der Waals surface area contributed by atoms with Gasteiger partial charge in [-0.25, -0.2) is 8.42 Å². The normalized spacial score (nSPS) is 25.2. The predicted octanol–water partition coefficient (Wildman–Crippen LogP) is -0.742. The first kappa shape index (κ1) is 14.3. The van der Waals surface area contributed by atoms with E-state index in [9.17, 15) is 13.2 Å². The molecule has 21 heavy (non-hydrogen) atoms. The van der Waals surface area contributed by atoms with Crippen molar-refractivity contribution in [2.75, 3.05) is 45.5 Å². The van der Waals surface area contributed by atoms with Crippen molar-refractivity contribution in [1.29, 1.82) is 0 Å². The number of fused-ring (bicyclic) bond motifs is 1. The van der Waals surface area contributed by atoms with Gasteiger partial charge in [0.25, 0.3) is 15.9 Å². The average molecular weight is 310 g/mol. The molecule has 8 heteroatoms. The second-order valence-electron chi connectivity index (χ2n) is 5.41. The molecule has 0 radical (unpaired) electrons. The second-order valence-corrected chi connectivity index (χ2v) is 7.17. The largest absolute Gasteiger partial charge is 0.336 e. The van der Waals surface area contributed by atoms with Crippen molar-refractivity contribution in [1.82, 2.24) is 14.7 Å². The van der Waals surface area contributed by atoms with Crippen molar-refractivity contribution < 1.29 is 13.2 Å². The molecule has 0 atom stereocenters. The Morgan fingerprint density at radius 1 is 1.19 bits per heavy atom. The molecule has 1 saturated heterocycles. The Bertz CT molecular complexity index is 642. The van der Waals surface area contributed by atoms with Crippen LogP contribution in [0.5, 0.6) is 0 Å². The number of hydrogen-bond donors (Lipinski definition) is 0. The van der Waals surface area contributed by atoms with Crippen molar-refractivity contribution in [3.63, 3.8) is 0 Å². The van der Waals surface area contributed by atoms with Gasteiger partial charge in [-0.2, -0.15) is 0 Å². The molecule has 0 N–H and O–H groups in total. The summed E-state index contributed by atoms with van der Waals surface area (Å²) >= 11 is 0. The van der Waals surface area contributed by atoms with Crippen LogP contribution in [0.3, 0.4) is 0 Å². The standard InChI is InChI=1S/C13H18N4O3S/c1-15-5-7-17(8-6-15)13(18)11-3-2-4-16-9-10-21(19,20)14-12(11)16/h2-4H,5-10H2,1H3. The Morgan fingerprint density at radius 2 is 1.90 bits per heavy atom. The summed E-state index contributed by atoms with van der Waals surface area (Å²) in [7, 11) is -1.45. The molecule has 3 aliphatic heterocycles. The van der Waals surface area contributed by atoms with Crippen LogP contribution in [0.1, 0.15) is 0 Å². The lowest BCUT2D eigenvalue weighted by atomic mass is 10.1. The van der Waals surface area contributed by atoms with Gasteiger partial charge in [0.2, 0.25) is 0 Å². The molecule has 7 nitrogen and oxygen atoms in total. The van der Waals surface area contributed by atoms with Gasteiger partial charge in [-0.15, -0.1) is 4.40 Å². The maximum Gasteiger partial charge on any atom is 0.257 e. The summed E-state index contributed by atoms with van der Waals surface area (Å²) in [4.78, 5) is 18.3. The van der Waals surface area contributed by atoms with Crippen LogP contribution in [0.15, 0.2) is 28.3 Å². The van der Waals surface area contributed by atoms with Gasteiger partial charge in [-0.05, 0) is 19.2 Å². The molecule has 0 aromatic carbocycles. The minimum Gasteiger partial charge on any atom is -0.336 e. The molecule has 3 aliphatic rings. The Balaban J connectivity index is 1.87. The number of hydrogen-bond acceptors (Lipinski definition) is 5. The summed E-state index contributed by atoms with van der Waals surface area (Å²) in [6.07, 6.45) is 5.17. The van der Waals surface area contributed by atoms with Gasteiger partial charge < -0.3 is 14.7 Å². The molecule has 0 saturated carbocycles. The molecule has 114 valence electrons. The van der Waals surface area contributed by atoms with Crippen molar-refractivity contribution in [2.45, 2.75) is 0 Å². The first-order valence-electron chi connectivity index (χ1n) is 6.92. The summed E-state index contributed by atoms with van der Waals surface area (Å²) in [5.74, 6) is 0.0950. The lowest BCUT2D eigenvalue weighted by Crippen LogP contribution is -2.50. The zero-order chi connectivity index (χ0) is 15.0. The van der Waals surface area contributed by atoms with Crippen LogP contribution in [0.2, 0.25) is 0 Å². The van der Waals surface area contributed by atoms with Crippen molar-refractivity contribution in [2.24, 2.45) is 4.40 Å². The highest BCUT2D eigenvalue weighted by Crippen LogP contribution is 2.19. The molecule has 0 aromatic heterocycles. The molecule has 0 unspecified atom stereocenters. The highest BCUT2D eigenvalue weighted by molar-refractivity contribution is 7.90. The van der Waals surface area contributed by atoms with Crippen molar-refractivity contribution >= 4 is 21.8 Å². The number of amides is 1. The van der Waals surface area contributed by atoms with Gasteiger partial charge in [0, 0.05) is 38.9 Å². The molecule has 3 heterocycles. The smallest absolute Gasteiger partial charge is 0.257 e. The van der Waals surface area contributed by atoms with E-state index in [4.69, 9.17) is 0 Å². The van der Waals surface area contributed by atoms with E-state index in [1.54, 1.807) is 28.2 Å². The van der Waals surface area contributed by atoms with Crippen LogP contribution in [0.25, 0.3) is 0 Å². The summed E-state index contributed by atoms with van der Waals surface area (Å²) in [5.41, 5.74) is 0.366. The molecule has 0 spiro atoms. The van der Waals surface area contributed by atoms with Crippen LogP contribution in [0.4, 0.5) is 0 Å². The third-order valence-corrected chi connectivity index (χ3v) is 5.03. The van der Waals surface area contributed by atoms with E-state index >= 15 is 0 Å². The Labute approximate surface area is 124 Å². The third-order valence-electron chi connectivity index (χ3n) is 3.88. The quantitative estimate of drug-likeness (QED) is 0.638. The molecule has 3 rings (SSSR count). The van der Waals surface area contributed by atoms with Crippen LogP contribution in [-0.4, -0.2) is 80.4 Å². The SMILES string of the molecule is CN1CCN(C(=O)C2=CC=CN3CCS(=O)(=O)N=C23)CC1. The fourth-order valence-electron chi connectivity index (χ4n) is 2.56. The van der Waals surface area contributed by atoms with Crippen LogP contribution >= 0.6 is 0 Å². The van der Waals surface area contributed by atoms with Gasteiger partial charge in [-0.3, -0.25) is 4.79 Å². The maximum absolute atomic E-state index is 12.6. The number of sulfonamides is 1. The van der Waals surface area contributed by atoms with Gasteiger partial charge in [-0.1, -0.05) is 0 Å². The molecule has 0 aliphatic carbocycles. The zero-order valence-electron chi connectivity index (χ0n) is 11.9. The van der Waals surface area contributed by atoms with Gasteiger partial charge >= 0.3 is 0 Å². The van der Waals surface area contributed by atoms with Crippen LogP contribution < -0.4 is 0 Å². The van der Waals surface area contributed by atoms with E-state index in [2.05, 4.69) is 9.30 Å². The Kier molecular flexibility index (Phi) is 3.58. The minimum absolute atomic E-state index is 0.0170. The lowest BCUT2D eigenvalue weighted by Gasteiger charge is -2.35. The highest BCUT2D eigenvalue weighted by atomic mass is 32.2. The summed E-state index contributed by atoms with van der Waals surface area (Å²) in [6, 6.07) is 0. The number of amidine groups is 1. The van der Waals surface area contributed by atoms with E-state index in [-0.39, 0.29) is 17.5 Å². The molecule has 1 fully saturated rings. The van der Waals surface area contributed by atoms with E-state index < -0.39 is 10.0 Å². The highest BCUT2D eigenvalue weighted by Gasteiger charge is 2.32. The topological polar surface area (TPSA) is 73.3 Å². The molecule has 0 bridgehead atoms. The number of rotatable bonds is 1. The zero-order valence-corrected chi connectivity index (χ0v) is 12.7. The number of likely N-dealkylation sites (N-methyl/N-ethyl adjacent to an activating group) is 1. The fraction of sp³-hybridized carbons (Fsp3) is 0.538. The molecular formula is C13H18N4O3S. The number of piperazine rings is 1. The average Bonchev–Trinajstić information content (AvgIpc) is 2.46. The molecule has 0 aromatic rings. The maximum atomic E-state index is 12.6. The van der Waals surface area contributed by atoms with E-state index in [0.29, 0.717) is 25.2 Å². The first-order chi connectivity index (χ1) is 9.96. The summed E-state index contributed by atoms with van der Waals surface area (Å²) in [6.45, 7) is 3.28. The number of carbonyl (C=O) groups excluding carboxylic acids is 1. The van der Waals surface area contributed by atoms with Gasteiger partial charge in [0.1, 0.15) is 0 Å². The van der Waals surface area contributed by atoms with Crippen LogP contribution in [0, 0.1) is 0 Å². The van der Waals surface area contributed by atoms with E-state index in [0.717, 1.165) is 13.1 Å². The number of nitrogens with zero attached hydrogens (tertiary/aromatic N) is 4.